The molecule has 7 heavy (non-hydrogen) atoms. The first kappa shape index (κ1) is 8.46. The van der Waals surface area contributed by atoms with Gasteiger partial charge in [0.05, 0.1) is 0 Å². The monoisotopic (exact) mass is 291 g/mol. The Balaban J connectivity index is 3.54. The Hall–Kier alpha value is 1.46. The number of hydrogen-bond acceptors (Lipinski definition) is 1. The van der Waals surface area contributed by atoms with E-state index < -0.39 is 9.80 Å². The van der Waals surface area contributed by atoms with E-state index in [9.17, 15) is 0 Å². The van der Waals surface area contributed by atoms with Crippen LogP contribution in [0.4, 0.5) is 0 Å². The summed E-state index contributed by atoms with van der Waals surface area (Å²) in [5, 5.41) is 0. The van der Waals surface area contributed by atoms with Crippen LogP contribution < -0.4 is 0 Å². The summed E-state index contributed by atoms with van der Waals surface area (Å²) in [6.45, 7) is 0. The van der Waals surface area contributed by atoms with Gasteiger partial charge in [-0.3, -0.25) is 0 Å². The van der Waals surface area contributed by atoms with E-state index in [-0.39, 0.29) is 0 Å². The summed E-state index contributed by atoms with van der Waals surface area (Å²) in [5.74, 6) is 2.21. The summed E-state index contributed by atoms with van der Waals surface area (Å²) in [6, 6.07) is 0. The van der Waals surface area contributed by atoms with E-state index >= 15 is 0 Å². The average Bonchev–Trinajstić information content (AvgIpc) is 1.31. The maximum absolute atomic E-state index is 3.57. The summed E-state index contributed by atoms with van der Waals surface area (Å²) in [4.78, 5) is 0. The number of rotatable bonds is 1. The molecule has 0 aliphatic rings. The van der Waals surface area contributed by atoms with Crippen molar-refractivity contribution < 1.29 is 0 Å². The predicted molar refractivity (Wildman–Crippen MR) is 43.2 cm³/mol. The minimum atomic E-state index is -1.71. The van der Waals surface area contributed by atoms with E-state index in [1.54, 1.807) is 0 Å². The molecule has 0 aromatic rings. The molecule has 0 aromatic heterocycles. The van der Waals surface area contributed by atoms with Crippen molar-refractivity contribution in [3.63, 3.8) is 0 Å². The second-order valence-corrected chi connectivity index (χ2v) is 28.7. The fraction of sp³-hybridized carbons (Fsp3) is 1.00. The fourth-order valence-electron chi connectivity index (χ4n) is 0. The van der Waals surface area contributed by atoms with Gasteiger partial charge in [0.1, 0.15) is 0 Å². The van der Waals surface area contributed by atoms with Crippen molar-refractivity contribution >= 4 is 37.8 Å². The van der Waals surface area contributed by atoms with E-state index in [1.165, 1.54) is 0 Å². The average molecular weight is 292 g/mol. The van der Waals surface area contributed by atoms with Crippen LogP contribution in [0.25, 0.3) is 0 Å². The first-order chi connectivity index (χ1) is 2.94. The Kier molecular flexibility index (Phi) is 3.44. The van der Waals surface area contributed by atoms with Crippen molar-refractivity contribution in [1.82, 2.24) is 3.86 Å². The SMILES string of the molecule is C[N](C)[Ge]([CH3])([Br])[Br]. The fourth-order valence-corrected chi connectivity index (χ4v) is 0. The molecule has 0 unspecified atom stereocenters. The molecule has 44 valence electrons. The van der Waals surface area contributed by atoms with E-state index in [4.69, 9.17) is 0 Å². The number of hydrogen-bond donors (Lipinski definition) is 0. The zero-order chi connectivity index (χ0) is 6.08. The van der Waals surface area contributed by atoms with Crippen molar-refractivity contribution in [1.29, 1.82) is 0 Å². The van der Waals surface area contributed by atoms with Gasteiger partial charge in [0, 0.05) is 0 Å². The summed E-state index contributed by atoms with van der Waals surface area (Å²) < 4.78 is 2.21. The molecule has 0 atom stereocenters. The van der Waals surface area contributed by atoms with Crippen LogP contribution in [0.15, 0.2) is 0 Å². The van der Waals surface area contributed by atoms with Gasteiger partial charge in [-0.2, -0.15) is 0 Å². The van der Waals surface area contributed by atoms with Crippen LogP contribution in [-0.2, 0) is 0 Å². The molecule has 0 aliphatic carbocycles. The molecule has 0 amide bonds. The third kappa shape index (κ3) is 4.00. The Morgan fingerprint density at radius 2 is 1.43 bits per heavy atom. The van der Waals surface area contributed by atoms with Crippen molar-refractivity contribution in [3.05, 3.63) is 0 Å². The number of halogens is 2. The zero-order valence-electron chi connectivity index (χ0n) is 4.70. The molecule has 0 saturated carbocycles. The van der Waals surface area contributed by atoms with Gasteiger partial charge in [0.2, 0.25) is 0 Å². The van der Waals surface area contributed by atoms with Crippen LogP contribution in [0.5, 0.6) is 0 Å². The van der Waals surface area contributed by atoms with Gasteiger partial charge >= 0.3 is 61.5 Å². The summed E-state index contributed by atoms with van der Waals surface area (Å²) in [6.07, 6.45) is 0. The Labute approximate surface area is 61.3 Å². The molecule has 0 aromatic carbocycles. The standard InChI is InChI=1S/C3H9Br2GeN/c1-6(4,5)7(2)3/h1-3H3. The normalized spacial score (nSPS) is 12.9. The van der Waals surface area contributed by atoms with Gasteiger partial charge in [0.15, 0.2) is 0 Å². The second-order valence-electron chi connectivity index (χ2n) is 1.74. The molecule has 0 heterocycles. The van der Waals surface area contributed by atoms with Crippen molar-refractivity contribution in [2.75, 3.05) is 14.1 Å². The minimum absolute atomic E-state index is 1.71. The molecule has 0 radical (unpaired) electrons. The van der Waals surface area contributed by atoms with E-state index in [0.29, 0.717) is 0 Å². The van der Waals surface area contributed by atoms with Gasteiger partial charge in [-0.25, -0.2) is 0 Å². The quantitative estimate of drug-likeness (QED) is 0.667. The van der Waals surface area contributed by atoms with Crippen LogP contribution in [0.2, 0.25) is 5.76 Å². The molecule has 0 bridgehead atoms. The van der Waals surface area contributed by atoms with E-state index in [2.05, 4.69) is 51.7 Å². The summed E-state index contributed by atoms with van der Waals surface area (Å²) in [7, 11) is 2.44. The third-order valence-electron chi connectivity index (χ3n) is 0.785. The molecule has 1 nitrogen and oxygen atoms in total. The molecule has 0 spiro atoms. The van der Waals surface area contributed by atoms with Gasteiger partial charge < -0.3 is 0 Å². The molecular weight excluding hydrogens is 282 g/mol. The summed E-state index contributed by atoms with van der Waals surface area (Å²) in [5.41, 5.74) is 0. The zero-order valence-corrected chi connectivity index (χ0v) is 9.97. The summed E-state index contributed by atoms with van der Waals surface area (Å²) >= 11 is 7.15. The predicted octanol–water partition coefficient (Wildman–Crippen LogP) is 1.91. The van der Waals surface area contributed by atoms with Crippen molar-refractivity contribution in [2.24, 2.45) is 0 Å². The van der Waals surface area contributed by atoms with Crippen molar-refractivity contribution in [3.8, 4) is 0 Å². The van der Waals surface area contributed by atoms with Crippen LogP contribution in [0.1, 0.15) is 0 Å². The van der Waals surface area contributed by atoms with Crippen LogP contribution in [-0.4, -0.2) is 27.8 Å². The van der Waals surface area contributed by atoms with Gasteiger partial charge in [-0.05, 0) is 0 Å². The first-order valence-electron chi connectivity index (χ1n) is 2.00. The first-order valence-corrected chi connectivity index (χ1v) is 14.9. The molecule has 0 rings (SSSR count). The third-order valence-corrected chi connectivity index (χ3v) is 11.5. The molecular formula is C3H9Br2GeN. The molecule has 0 saturated heterocycles. The van der Waals surface area contributed by atoms with Crippen molar-refractivity contribution in [2.45, 2.75) is 5.76 Å². The second kappa shape index (κ2) is 2.85. The van der Waals surface area contributed by atoms with Gasteiger partial charge in [0.25, 0.3) is 0 Å². The van der Waals surface area contributed by atoms with Gasteiger partial charge in [-0.15, -0.1) is 0 Å². The van der Waals surface area contributed by atoms with Crippen LogP contribution in [0, 0.1) is 0 Å². The molecule has 0 fully saturated rings. The number of nitrogens with zero attached hydrogens (tertiary/aromatic N) is 1. The van der Waals surface area contributed by atoms with E-state index in [0.717, 1.165) is 0 Å². The van der Waals surface area contributed by atoms with Gasteiger partial charge in [-0.1, -0.05) is 0 Å². The molecule has 4 heteroatoms. The molecule has 0 aliphatic heterocycles. The van der Waals surface area contributed by atoms with E-state index in [1.807, 2.05) is 0 Å². The Morgan fingerprint density at radius 3 is 1.43 bits per heavy atom. The maximum atomic E-state index is 3.57. The topological polar surface area (TPSA) is 3.24 Å². The Morgan fingerprint density at radius 1 is 1.29 bits per heavy atom. The molecule has 0 N–H and O–H groups in total. The Bertz CT molecular complexity index is 58.4. The van der Waals surface area contributed by atoms with Crippen LogP contribution >= 0.6 is 28.0 Å². The van der Waals surface area contributed by atoms with Crippen LogP contribution in [0.3, 0.4) is 0 Å².